The zero-order chi connectivity index (χ0) is 12.1. The van der Waals surface area contributed by atoms with Crippen molar-refractivity contribution in [2.75, 3.05) is 39.8 Å². The zero-order valence-electron chi connectivity index (χ0n) is 10.5. The molecule has 2 rings (SSSR count). The summed E-state index contributed by atoms with van der Waals surface area (Å²) in [7, 11) is 2.16. The molecule has 1 atom stereocenters. The minimum Gasteiger partial charge on any atom is -0.395 e. The Kier molecular flexibility index (Phi) is 4.54. The SMILES string of the molecule is CN1CCN([C@H](CO)Cc2ccccc2)CC1. The lowest BCUT2D eigenvalue weighted by Crippen LogP contribution is -2.50. The highest BCUT2D eigenvalue weighted by Crippen LogP contribution is 2.11. The lowest BCUT2D eigenvalue weighted by atomic mass is 10.0. The van der Waals surface area contributed by atoms with Gasteiger partial charge in [-0.05, 0) is 19.0 Å². The Hall–Kier alpha value is -0.900. The summed E-state index contributed by atoms with van der Waals surface area (Å²) in [6.45, 7) is 4.58. The molecule has 0 bridgehead atoms. The van der Waals surface area contributed by atoms with E-state index in [1.807, 2.05) is 6.07 Å². The molecule has 0 aliphatic carbocycles. The van der Waals surface area contributed by atoms with Gasteiger partial charge in [0.05, 0.1) is 6.61 Å². The largest absolute Gasteiger partial charge is 0.395 e. The van der Waals surface area contributed by atoms with Gasteiger partial charge in [0.1, 0.15) is 0 Å². The second-order valence-corrected chi connectivity index (χ2v) is 4.87. The first-order chi connectivity index (χ1) is 8.29. The van der Waals surface area contributed by atoms with E-state index in [0.717, 1.165) is 32.6 Å². The molecule has 1 N–H and O–H groups in total. The lowest BCUT2D eigenvalue weighted by molar-refractivity contribution is 0.0750. The predicted octanol–water partition coefficient (Wildman–Crippen LogP) is 0.837. The molecule has 3 nitrogen and oxygen atoms in total. The molecule has 17 heavy (non-hydrogen) atoms. The lowest BCUT2D eigenvalue weighted by Gasteiger charge is -2.37. The summed E-state index contributed by atoms with van der Waals surface area (Å²) < 4.78 is 0. The Labute approximate surface area is 104 Å². The second-order valence-electron chi connectivity index (χ2n) is 4.87. The monoisotopic (exact) mass is 234 g/mol. The van der Waals surface area contributed by atoms with Crippen molar-refractivity contribution in [2.45, 2.75) is 12.5 Å². The maximum absolute atomic E-state index is 9.55. The Morgan fingerprint density at radius 1 is 1.12 bits per heavy atom. The average Bonchev–Trinajstić information content (AvgIpc) is 2.38. The van der Waals surface area contributed by atoms with Gasteiger partial charge in [-0.25, -0.2) is 0 Å². The molecule has 1 fully saturated rings. The van der Waals surface area contributed by atoms with Crippen LogP contribution in [0.15, 0.2) is 30.3 Å². The summed E-state index contributed by atoms with van der Waals surface area (Å²) in [5.74, 6) is 0. The number of likely N-dealkylation sites (N-methyl/N-ethyl adjacent to an activating group) is 1. The second kappa shape index (κ2) is 6.15. The van der Waals surface area contributed by atoms with E-state index in [-0.39, 0.29) is 12.6 Å². The Bertz CT molecular complexity index is 320. The smallest absolute Gasteiger partial charge is 0.0590 e. The van der Waals surface area contributed by atoms with E-state index in [4.69, 9.17) is 0 Å². The van der Waals surface area contributed by atoms with Crippen LogP contribution < -0.4 is 0 Å². The normalized spacial score (nSPS) is 20.4. The van der Waals surface area contributed by atoms with Crippen molar-refractivity contribution in [3.63, 3.8) is 0 Å². The Balaban J connectivity index is 1.92. The van der Waals surface area contributed by atoms with Gasteiger partial charge in [-0.1, -0.05) is 30.3 Å². The number of aliphatic hydroxyl groups excluding tert-OH is 1. The molecule has 1 saturated heterocycles. The highest BCUT2D eigenvalue weighted by atomic mass is 16.3. The molecule has 0 unspecified atom stereocenters. The van der Waals surface area contributed by atoms with Gasteiger partial charge in [0.25, 0.3) is 0 Å². The zero-order valence-corrected chi connectivity index (χ0v) is 10.5. The van der Waals surface area contributed by atoms with Crippen molar-refractivity contribution in [2.24, 2.45) is 0 Å². The number of piperazine rings is 1. The fourth-order valence-corrected chi connectivity index (χ4v) is 2.38. The number of hydrogen-bond acceptors (Lipinski definition) is 3. The van der Waals surface area contributed by atoms with E-state index in [1.165, 1.54) is 5.56 Å². The maximum Gasteiger partial charge on any atom is 0.0590 e. The molecule has 1 aliphatic rings. The van der Waals surface area contributed by atoms with E-state index in [1.54, 1.807) is 0 Å². The summed E-state index contributed by atoms with van der Waals surface area (Å²) in [4.78, 5) is 4.75. The van der Waals surface area contributed by atoms with Crippen molar-refractivity contribution in [3.8, 4) is 0 Å². The van der Waals surface area contributed by atoms with Gasteiger partial charge in [-0.2, -0.15) is 0 Å². The quantitative estimate of drug-likeness (QED) is 0.836. The molecule has 1 heterocycles. The van der Waals surface area contributed by atoms with Crippen molar-refractivity contribution < 1.29 is 5.11 Å². The molecule has 94 valence electrons. The van der Waals surface area contributed by atoms with Gasteiger partial charge in [0, 0.05) is 32.2 Å². The van der Waals surface area contributed by atoms with Crippen molar-refractivity contribution >= 4 is 0 Å². The van der Waals surface area contributed by atoms with Crippen LogP contribution in [-0.2, 0) is 6.42 Å². The van der Waals surface area contributed by atoms with Gasteiger partial charge in [0.2, 0.25) is 0 Å². The van der Waals surface area contributed by atoms with Crippen LogP contribution in [0.4, 0.5) is 0 Å². The first-order valence-electron chi connectivity index (χ1n) is 6.37. The maximum atomic E-state index is 9.55. The molecule has 0 spiro atoms. The molecule has 1 aliphatic heterocycles. The van der Waals surface area contributed by atoms with E-state index in [2.05, 4.69) is 41.1 Å². The third kappa shape index (κ3) is 3.53. The molecule has 1 aromatic carbocycles. The van der Waals surface area contributed by atoms with Crippen LogP contribution in [0.3, 0.4) is 0 Å². The van der Waals surface area contributed by atoms with Gasteiger partial charge < -0.3 is 10.0 Å². The van der Waals surface area contributed by atoms with Crippen LogP contribution in [0.25, 0.3) is 0 Å². The number of aliphatic hydroxyl groups is 1. The van der Waals surface area contributed by atoms with E-state index in [0.29, 0.717) is 0 Å². The van der Waals surface area contributed by atoms with Crippen LogP contribution in [0.5, 0.6) is 0 Å². The molecule has 0 radical (unpaired) electrons. The fourth-order valence-electron chi connectivity index (χ4n) is 2.38. The third-order valence-electron chi connectivity index (χ3n) is 3.58. The van der Waals surface area contributed by atoms with Gasteiger partial charge in [0.15, 0.2) is 0 Å². The van der Waals surface area contributed by atoms with Crippen LogP contribution in [0.2, 0.25) is 0 Å². The van der Waals surface area contributed by atoms with Crippen LogP contribution in [0.1, 0.15) is 5.56 Å². The van der Waals surface area contributed by atoms with Gasteiger partial charge in [-0.3, -0.25) is 4.90 Å². The summed E-state index contributed by atoms with van der Waals surface area (Å²) in [5.41, 5.74) is 1.31. The van der Waals surface area contributed by atoms with Gasteiger partial charge >= 0.3 is 0 Å². The van der Waals surface area contributed by atoms with E-state index >= 15 is 0 Å². The topological polar surface area (TPSA) is 26.7 Å². The molecule has 3 heteroatoms. The van der Waals surface area contributed by atoms with E-state index in [9.17, 15) is 5.11 Å². The van der Waals surface area contributed by atoms with Crippen LogP contribution >= 0.6 is 0 Å². The fraction of sp³-hybridized carbons (Fsp3) is 0.571. The predicted molar refractivity (Wildman–Crippen MR) is 70.1 cm³/mol. The van der Waals surface area contributed by atoms with E-state index < -0.39 is 0 Å². The third-order valence-corrected chi connectivity index (χ3v) is 3.58. The molecule has 0 aromatic heterocycles. The standard InChI is InChI=1S/C14H22N2O/c1-15-7-9-16(10-8-15)14(12-17)11-13-5-3-2-4-6-13/h2-6,14,17H,7-12H2,1H3/t14-/m0/s1. The summed E-state index contributed by atoms with van der Waals surface area (Å²) in [6, 6.07) is 10.7. The number of hydrogen-bond donors (Lipinski definition) is 1. The first-order valence-corrected chi connectivity index (χ1v) is 6.37. The summed E-state index contributed by atoms with van der Waals surface area (Å²) >= 11 is 0. The van der Waals surface area contributed by atoms with Crippen LogP contribution in [-0.4, -0.2) is 60.8 Å². The summed E-state index contributed by atoms with van der Waals surface area (Å²) in [5, 5.41) is 9.55. The number of benzene rings is 1. The number of rotatable bonds is 4. The first kappa shape index (κ1) is 12.6. The Morgan fingerprint density at radius 2 is 1.76 bits per heavy atom. The molecule has 0 saturated carbocycles. The average molecular weight is 234 g/mol. The highest BCUT2D eigenvalue weighted by Gasteiger charge is 2.21. The Morgan fingerprint density at radius 3 is 2.35 bits per heavy atom. The minimum atomic E-state index is 0.249. The minimum absolute atomic E-state index is 0.249. The molecule has 1 aromatic rings. The van der Waals surface area contributed by atoms with Crippen molar-refractivity contribution in [3.05, 3.63) is 35.9 Å². The van der Waals surface area contributed by atoms with Crippen LogP contribution in [0, 0.1) is 0 Å². The van der Waals surface area contributed by atoms with Crippen molar-refractivity contribution in [1.29, 1.82) is 0 Å². The highest BCUT2D eigenvalue weighted by molar-refractivity contribution is 5.16. The molecular weight excluding hydrogens is 212 g/mol. The van der Waals surface area contributed by atoms with Crippen molar-refractivity contribution in [1.82, 2.24) is 9.80 Å². The molecular formula is C14H22N2O. The number of nitrogens with zero attached hydrogens (tertiary/aromatic N) is 2. The van der Waals surface area contributed by atoms with Gasteiger partial charge in [-0.15, -0.1) is 0 Å². The summed E-state index contributed by atoms with van der Waals surface area (Å²) in [6.07, 6.45) is 0.945. The molecule has 0 amide bonds.